The summed E-state index contributed by atoms with van der Waals surface area (Å²) >= 11 is 0. The van der Waals surface area contributed by atoms with Crippen LogP contribution in [0.5, 0.6) is 0 Å². The number of aliphatic hydroxyl groups is 1. The van der Waals surface area contributed by atoms with Gasteiger partial charge < -0.3 is 10.4 Å². The lowest BCUT2D eigenvalue weighted by Crippen LogP contribution is -2.36. The van der Waals surface area contributed by atoms with E-state index in [-0.39, 0.29) is 12.1 Å². The molecule has 0 rings (SSSR count). The third-order valence-electron chi connectivity index (χ3n) is 1.40. The molecular formula is C8H17NO. The monoisotopic (exact) mass is 143 g/mol. The summed E-state index contributed by atoms with van der Waals surface area (Å²) in [5.74, 6) is 0. The molecular weight excluding hydrogens is 126 g/mol. The maximum Gasteiger partial charge on any atom is 0.0700 e. The molecule has 2 nitrogen and oxygen atoms in total. The van der Waals surface area contributed by atoms with Gasteiger partial charge in [-0.1, -0.05) is 13.0 Å². The Bertz CT molecular complexity index is 91.3. The smallest absolute Gasteiger partial charge is 0.0700 e. The van der Waals surface area contributed by atoms with Crippen LogP contribution in [0.15, 0.2) is 12.7 Å². The van der Waals surface area contributed by atoms with Gasteiger partial charge in [0.05, 0.1) is 12.1 Å². The van der Waals surface area contributed by atoms with Crippen LogP contribution in [0.3, 0.4) is 0 Å². The van der Waals surface area contributed by atoms with Gasteiger partial charge in [0.2, 0.25) is 0 Å². The molecule has 0 aromatic rings. The van der Waals surface area contributed by atoms with Gasteiger partial charge in [0.1, 0.15) is 0 Å². The Labute approximate surface area is 62.9 Å². The summed E-state index contributed by atoms with van der Waals surface area (Å²) in [7, 11) is 0. The minimum atomic E-state index is -0.343. The number of nitrogens with one attached hydrogen (secondary N) is 1. The number of aliphatic hydroxyl groups excluding tert-OH is 1. The lowest BCUT2D eigenvalue weighted by atomic mass is 10.2. The van der Waals surface area contributed by atoms with Crippen molar-refractivity contribution >= 4 is 0 Å². The SMILES string of the molecule is C=CC(NCCC)C(C)O. The Balaban J connectivity index is 3.50. The highest BCUT2D eigenvalue weighted by Crippen LogP contribution is 1.92. The molecule has 2 unspecified atom stereocenters. The van der Waals surface area contributed by atoms with E-state index >= 15 is 0 Å². The van der Waals surface area contributed by atoms with Crippen LogP contribution >= 0.6 is 0 Å². The summed E-state index contributed by atoms with van der Waals surface area (Å²) in [5.41, 5.74) is 0. The third-order valence-corrected chi connectivity index (χ3v) is 1.40. The Hall–Kier alpha value is -0.340. The molecule has 2 N–H and O–H groups in total. The van der Waals surface area contributed by atoms with Gasteiger partial charge in [-0.25, -0.2) is 0 Å². The van der Waals surface area contributed by atoms with Crippen molar-refractivity contribution in [1.82, 2.24) is 5.32 Å². The standard InChI is InChI=1S/C8H17NO/c1-4-6-9-8(5-2)7(3)10/h5,7-10H,2,4,6H2,1,3H3. The summed E-state index contributed by atoms with van der Waals surface area (Å²) in [6, 6.07) is 0.0416. The lowest BCUT2D eigenvalue weighted by Gasteiger charge is -2.16. The minimum absolute atomic E-state index is 0.0416. The van der Waals surface area contributed by atoms with Crippen LogP contribution in [0, 0.1) is 0 Å². The maximum atomic E-state index is 9.11. The molecule has 0 aliphatic carbocycles. The molecule has 0 fully saturated rings. The normalized spacial score (nSPS) is 16.3. The van der Waals surface area contributed by atoms with E-state index in [0.29, 0.717) is 0 Å². The molecule has 0 spiro atoms. The van der Waals surface area contributed by atoms with Crippen molar-refractivity contribution in [3.05, 3.63) is 12.7 Å². The summed E-state index contributed by atoms with van der Waals surface area (Å²) < 4.78 is 0. The summed E-state index contributed by atoms with van der Waals surface area (Å²) in [4.78, 5) is 0. The van der Waals surface area contributed by atoms with E-state index < -0.39 is 0 Å². The zero-order valence-electron chi connectivity index (χ0n) is 6.80. The fourth-order valence-electron chi connectivity index (χ4n) is 0.762. The largest absolute Gasteiger partial charge is 0.391 e. The minimum Gasteiger partial charge on any atom is -0.391 e. The molecule has 0 aromatic heterocycles. The Morgan fingerprint density at radius 1 is 1.70 bits per heavy atom. The molecule has 2 atom stereocenters. The number of hydrogen-bond donors (Lipinski definition) is 2. The van der Waals surface area contributed by atoms with Gasteiger partial charge in [0, 0.05) is 0 Å². The Morgan fingerprint density at radius 2 is 2.30 bits per heavy atom. The Morgan fingerprint density at radius 3 is 2.60 bits per heavy atom. The van der Waals surface area contributed by atoms with E-state index in [0.717, 1.165) is 13.0 Å². The second kappa shape index (κ2) is 5.45. The molecule has 0 radical (unpaired) electrons. The van der Waals surface area contributed by atoms with E-state index in [1.165, 1.54) is 0 Å². The molecule has 0 aliphatic rings. The number of hydrogen-bond acceptors (Lipinski definition) is 2. The summed E-state index contributed by atoms with van der Waals surface area (Å²) in [6.45, 7) is 8.40. The fourth-order valence-corrected chi connectivity index (χ4v) is 0.762. The average Bonchev–Trinajstić information content (AvgIpc) is 1.89. The van der Waals surface area contributed by atoms with Crippen molar-refractivity contribution in [2.45, 2.75) is 32.4 Å². The van der Waals surface area contributed by atoms with Crippen molar-refractivity contribution in [3.63, 3.8) is 0 Å². The van der Waals surface area contributed by atoms with E-state index in [4.69, 9.17) is 5.11 Å². The highest BCUT2D eigenvalue weighted by atomic mass is 16.3. The second-order valence-corrected chi connectivity index (χ2v) is 2.46. The quantitative estimate of drug-likeness (QED) is 0.561. The molecule has 2 heteroatoms. The molecule has 60 valence electrons. The molecule has 0 aliphatic heterocycles. The van der Waals surface area contributed by atoms with Gasteiger partial charge in [-0.15, -0.1) is 6.58 Å². The zero-order chi connectivity index (χ0) is 7.98. The first-order valence-corrected chi connectivity index (χ1v) is 3.76. The first-order chi connectivity index (χ1) is 4.72. The van der Waals surface area contributed by atoms with Gasteiger partial charge in [-0.05, 0) is 19.9 Å². The molecule has 0 saturated carbocycles. The van der Waals surface area contributed by atoms with Crippen LogP contribution in [-0.4, -0.2) is 23.8 Å². The second-order valence-electron chi connectivity index (χ2n) is 2.46. The van der Waals surface area contributed by atoms with Crippen LogP contribution < -0.4 is 5.32 Å². The van der Waals surface area contributed by atoms with Crippen LogP contribution in [0.4, 0.5) is 0 Å². The van der Waals surface area contributed by atoms with Crippen molar-refractivity contribution in [2.24, 2.45) is 0 Å². The van der Waals surface area contributed by atoms with Crippen LogP contribution in [0.2, 0.25) is 0 Å². The Kier molecular flexibility index (Phi) is 5.26. The van der Waals surface area contributed by atoms with Crippen molar-refractivity contribution in [3.8, 4) is 0 Å². The van der Waals surface area contributed by atoms with Crippen molar-refractivity contribution in [1.29, 1.82) is 0 Å². The van der Waals surface area contributed by atoms with Crippen LogP contribution in [0.25, 0.3) is 0 Å². The van der Waals surface area contributed by atoms with Gasteiger partial charge in [-0.3, -0.25) is 0 Å². The highest BCUT2D eigenvalue weighted by Gasteiger charge is 2.07. The molecule has 0 bridgehead atoms. The zero-order valence-corrected chi connectivity index (χ0v) is 6.80. The van der Waals surface area contributed by atoms with Crippen molar-refractivity contribution in [2.75, 3.05) is 6.54 Å². The van der Waals surface area contributed by atoms with Crippen LogP contribution in [-0.2, 0) is 0 Å². The van der Waals surface area contributed by atoms with E-state index in [1.54, 1.807) is 13.0 Å². The van der Waals surface area contributed by atoms with E-state index in [9.17, 15) is 0 Å². The van der Waals surface area contributed by atoms with Gasteiger partial charge >= 0.3 is 0 Å². The van der Waals surface area contributed by atoms with Crippen molar-refractivity contribution < 1.29 is 5.11 Å². The number of rotatable bonds is 5. The molecule has 0 saturated heterocycles. The van der Waals surface area contributed by atoms with Gasteiger partial charge in [0.15, 0.2) is 0 Å². The summed E-state index contributed by atoms with van der Waals surface area (Å²) in [6.07, 6.45) is 2.47. The maximum absolute atomic E-state index is 9.11. The topological polar surface area (TPSA) is 32.3 Å². The lowest BCUT2D eigenvalue weighted by molar-refractivity contribution is 0.164. The predicted octanol–water partition coefficient (Wildman–Crippen LogP) is 0.921. The first-order valence-electron chi connectivity index (χ1n) is 3.76. The molecule has 0 heterocycles. The first kappa shape index (κ1) is 9.66. The van der Waals surface area contributed by atoms with E-state index in [2.05, 4.69) is 18.8 Å². The highest BCUT2D eigenvalue weighted by molar-refractivity contribution is 4.88. The van der Waals surface area contributed by atoms with Crippen LogP contribution in [0.1, 0.15) is 20.3 Å². The van der Waals surface area contributed by atoms with Gasteiger partial charge in [-0.2, -0.15) is 0 Å². The third kappa shape index (κ3) is 3.64. The summed E-state index contributed by atoms with van der Waals surface area (Å²) in [5, 5.41) is 12.3. The van der Waals surface area contributed by atoms with Gasteiger partial charge in [0.25, 0.3) is 0 Å². The molecule has 10 heavy (non-hydrogen) atoms. The van der Waals surface area contributed by atoms with E-state index in [1.807, 2.05) is 0 Å². The fraction of sp³-hybridized carbons (Fsp3) is 0.750. The molecule has 0 amide bonds. The molecule has 0 aromatic carbocycles. The predicted molar refractivity (Wildman–Crippen MR) is 44.0 cm³/mol. The average molecular weight is 143 g/mol.